The largest absolute Gasteiger partial charge is 0.417 e. The molecular weight excluding hydrogens is 1280 g/mol. The van der Waals surface area contributed by atoms with Crippen LogP contribution in [0.2, 0.25) is 5.02 Å². The van der Waals surface area contributed by atoms with Gasteiger partial charge >= 0.3 is 6.18 Å². The maximum absolute atomic E-state index is 15.1. The van der Waals surface area contributed by atoms with Gasteiger partial charge in [0.2, 0.25) is 65.0 Å². The minimum atomic E-state index is -4.76. The molecule has 0 bridgehead atoms. The first-order chi connectivity index (χ1) is 42.9. The van der Waals surface area contributed by atoms with Crippen molar-refractivity contribution in [1.82, 2.24) is 55.1 Å². The number of carbonyl (C=O) groups excluding carboxylic acids is 11. The molecule has 510 valence electrons. The van der Waals surface area contributed by atoms with E-state index in [4.69, 9.17) is 11.6 Å². The molecule has 0 unspecified atom stereocenters. The number of halogens is 5. The van der Waals surface area contributed by atoms with E-state index >= 15 is 9.59 Å². The zero-order valence-corrected chi connectivity index (χ0v) is 57.9. The first kappa shape index (κ1) is 75.9. The summed E-state index contributed by atoms with van der Waals surface area (Å²) < 4.78 is 42.0. The molecule has 1 spiro atoms. The van der Waals surface area contributed by atoms with E-state index in [1.807, 2.05) is 20.8 Å². The Labute approximate surface area is 552 Å². The van der Waals surface area contributed by atoms with Crippen LogP contribution in [0.4, 0.5) is 13.2 Å². The fourth-order valence-corrected chi connectivity index (χ4v) is 13.1. The molecule has 2 aromatic rings. The molecule has 0 aromatic heterocycles. The highest BCUT2D eigenvalue weighted by atomic mass is 79.9. The van der Waals surface area contributed by atoms with E-state index in [9.17, 15) is 56.3 Å². The first-order valence-corrected chi connectivity index (χ1v) is 32.7. The quantitative estimate of drug-likeness (QED) is 0.266. The molecule has 5 rings (SSSR count). The lowest BCUT2D eigenvalue weighted by molar-refractivity contribution is -0.152. The Morgan fingerprint density at radius 1 is 0.674 bits per heavy atom. The predicted octanol–water partition coefficient (Wildman–Crippen LogP) is 5.54. The molecule has 0 radical (unpaired) electrons. The van der Waals surface area contributed by atoms with Gasteiger partial charge in [0.25, 0.3) is 0 Å². The first-order valence-electron chi connectivity index (χ1n) is 31.6. The molecule has 11 amide bonds. The molecule has 8 atom stereocenters. The summed E-state index contributed by atoms with van der Waals surface area (Å²) in [5.41, 5.74) is -1.69. The standard InChI is InChI=1S/C65H94BrClF3N11O11/c1-15-40(6)55-61(90)76(10)36-53(84)74(8)37-54(85)79(13)50(34-43-20-18-21-44(66)32-43)60(89)75(9)35-51(82)71-47(26-24-42-23-25-45(46(67)33-42)65(68,69)70)59(88)81-29-19-22-48(81)58(87)73-64(27-16-17-28-64)63(92)80(14)56(39(4)5)62(91)77(11)41(7)31-52(83)78(12)49(30-38(2)3)57(86)72-55/h18,20-21,23,25,32-33,38-41,47-50,55-56H,15-17,19,22,24,26-31,34-37H2,1-14H3,(H,71,82)(H,72,86)(H,73,87)/t40-,41+,47-,48-,49-,50-,55-,56-/m0/s1. The zero-order chi connectivity index (χ0) is 69.0. The number of carbonyl (C=O) groups is 11. The Kier molecular flexibility index (Phi) is 27.1. The third-order valence-electron chi connectivity index (χ3n) is 18.3. The molecule has 2 heterocycles. The van der Waals surface area contributed by atoms with Crippen LogP contribution in [0.3, 0.4) is 0 Å². The Morgan fingerprint density at radius 2 is 1.29 bits per heavy atom. The van der Waals surface area contributed by atoms with Crippen LogP contribution < -0.4 is 16.0 Å². The van der Waals surface area contributed by atoms with Gasteiger partial charge in [-0.05, 0) is 105 Å². The van der Waals surface area contributed by atoms with Gasteiger partial charge in [0.15, 0.2) is 0 Å². The maximum atomic E-state index is 15.1. The van der Waals surface area contributed by atoms with Gasteiger partial charge in [-0.25, -0.2) is 0 Å². The second-order valence-corrected chi connectivity index (χ2v) is 27.4. The van der Waals surface area contributed by atoms with E-state index in [1.165, 1.54) is 75.0 Å². The fourth-order valence-electron chi connectivity index (χ4n) is 12.3. The van der Waals surface area contributed by atoms with Crippen molar-refractivity contribution in [2.45, 2.75) is 180 Å². The van der Waals surface area contributed by atoms with E-state index in [0.29, 0.717) is 41.3 Å². The number of nitrogens with one attached hydrogen (secondary N) is 3. The Hall–Kier alpha value is -6.83. The number of nitrogens with zero attached hydrogens (tertiary/aromatic N) is 8. The van der Waals surface area contributed by atoms with Gasteiger partial charge in [-0.15, -0.1) is 0 Å². The van der Waals surface area contributed by atoms with Crippen molar-refractivity contribution < 1.29 is 65.9 Å². The van der Waals surface area contributed by atoms with Crippen molar-refractivity contribution in [3.63, 3.8) is 0 Å². The highest BCUT2D eigenvalue weighted by molar-refractivity contribution is 9.10. The number of likely N-dealkylation sites (N-methyl/N-ethyl adjacent to an activating group) is 7. The van der Waals surface area contributed by atoms with Gasteiger partial charge < -0.3 is 55.1 Å². The number of alkyl halides is 3. The van der Waals surface area contributed by atoms with Gasteiger partial charge in [-0.3, -0.25) is 52.7 Å². The normalized spacial score (nSPS) is 24.9. The SMILES string of the molecule is CC[C@H](C)[C@@H]1NC(=O)[C@H](CC(C)C)N(C)C(=O)C[C@@H](C)N(C)C(=O)[C@H](C(C)C)N(C)C(=O)C2(CCCC2)NC(=O)[C@@H]2CCCN2C(=O)[C@H](CCc2ccc(C(F)(F)F)c(Cl)c2)NC(=O)CN(C)C(=O)[C@H](Cc2cccc(Br)c2)N(C)C(=O)CN(C)C(=O)CN(C)C1=O. The van der Waals surface area contributed by atoms with E-state index in [0.717, 1.165) is 31.7 Å². The topological polar surface area (TPSA) is 250 Å². The molecule has 3 fully saturated rings. The molecule has 1 aliphatic carbocycles. The minimum Gasteiger partial charge on any atom is -0.343 e. The zero-order valence-electron chi connectivity index (χ0n) is 55.6. The second-order valence-electron chi connectivity index (χ2n) is 26.1. The Morgan fingerprint density at radius 3 is 1.88 bits per heavy atom. The average molecular weight is 1380 g/mol. The lowest BCUT2D eigenvalue weighted by Crippen LogP contribution is -2.64. The number of rotatable bonds is 10. The van der Waals surface area contributed by atoms with Crippen LogP contribution in [0.1, 0.15) is 129 Å². The third kappa shape index (κ3) is 19.2. The highest BCUT2D eigenvalue weighted by Crippen LogP contribution is 2.37. The summed E-state index contributed by atoms with van der Waals surface area (Å²) in [6.07, 6.45) is -2.77. The Bertz CT molecular complexity index is 3040. The van der Waals surface area contributed by atoms with Crippen LogP contribution in [0, 0.1) is 17.8 Å². The summed E-state index contributed by atoms with van der Waals surface area (Å²) in [4.78, 5) is 170. The summed E-state index contributed by atoms with van der Waals surface area (Å²) in [6, 6.07) is 2.12. The molecule has 3 N–H and O–H groups in total. The van der Waals surface area contributed by atoms with E-state index in [2.05, 4.69) is 31.9 Å². The Balaban J connectivity index is 1.57. The molecule has 2 aliphatic heterocycles. The number of benzene rings is 2. The smallest absolute Gasteiger partial charge is 0.343 e. The lowest BCUT2D eigenvalue weighted by atomic mass is 9.91. The summed E-state index contributed by atoms with van der Waals surface area (Å²) in [6.45, 7) is 10.8. The van der Waals surface area contributed by atoms with Crippen LogP contribution in [0.25, 0.3) is 0 Å². The molecule has 27 heteroatoms. The van der Waals surface area contributed by atoms with Crippen molar-refractivity contribution >= 4 is 92.5 Å². The van der Waals surface area contributed by atoms with Crippen molar-refractivity contribution in [1.29, 1.82) is 0 Å². The van der Waals surface area contributed by atoms with Crippen LogP contribution in [-0.4, -0.2) is 228 Å². The van der Waals surface area contributed by atoms with Gasteiger partial charge in [-0.1, -0.05) is 107 Å². The number of hydrogen-bond donors (Lipinski definition) is 3. The third-order valence-corrected chi connectivity index (χ3v) is 19.1. The van der Waals surface area contributed by atoms with Gasteiger partial charge in [0, 0.05) is 79.2 Å². The van der Waals surface area contributed by atoms with Crippen molar-refractivity contribution in [2.24, 2.45) is 17.8 Å². The summed E-state index contributed by atoms with van der Waals surface area (Å²) in [5.74, 6) is -8.12. The fraction of sp³-hybridized carbons (Fsp3) is 0.646. The molecule has 2 saturated heterocycles. The van der Waals surface area contributed by atoms with Gasteiger partial charge in [-0.2, -0.15) is 13.2 Å². The van der Waals surface area contributed by atoms with Gasteiger partial charge in [0.1, 0.15) is 41.8 Å². The molecule has 1 saturated carbocycles. The number of fused-ring (bicyclic) bond motifs is 1. The van der Waals surface area contributed by atoms with Gasteiger partial charge in [0.05, 0.1) is 30.2 Å². The van der Waals surface area contributed by atoms with Crippen molar-refractivity contribution in [3.05, 3.63) is 68.7 Å². The number of amides is 11. The van der Waals surface area contributed by atoms with E-state index < -0.39 is 161 Å². The van der Waals surface area contributed by atoms with Crippen LogP contribution >= 0.6 is 27.5 Å². The maximum Gasteiger partial charge on any atom is 0.417 e. The molecule has 22 nitrogen and oxygen atoms in total. The highest BCUT2D eigenvalue weighted by Gasteiger charge is 2.50. The second kappa shape index (κ2) is 32.8. The van der Waals surface area contributed by atoms with Crippen LogP contribution in [0.15, 0.2) is 46.9 Å². The molecular formula is C65H94BrClF3N11O11. The average Bonchev–Trinajstić information content (AvgIpc) is 1.50. The summed E-state index contributed by atoms with van der Waals surface area (Å²) in [5, 5.41) is 8.03. The van der Waals surface area contributed by atoms with Crippen LogP contribution in [-0.2, 0) is 71.8 Å². The predicted molar refractivity (Wildman–Crippen MR) is 344 cm³/mol. The number of aryl methyl sites for hydroxylation is 1. The minimum absolute atomic E-state index is 0.0406. The lowest BCUT2D eigenvalue weighted by Gasteiger charge is -2.41. The molecule has 2 aromatic carbocycles. The summed E-state index contributed by atoms with van der Waals surface area (Å²) in [7, 11) is 9.91. The number of hydrogen-bond acceptors (Lipinski definition) is 11. The monoisotopic (exact) mass is 1380 g/mol. The van der Waals surface area contributed by atoms with E-state index in [1.54, 1.807) is 52.0 Å². The summed E-state index contributed by atoms with van der Waals surface area (Å²) >= 11 is 9.56. The van der Waals surface area contributed by atoms with Crippen LogP contribution in [0.5, 0.6) is 0 Å². The van der Waals surface area contributed by atoms with Crippen molar-refractivity contribution in [3.8, 4) is 0 Å². The molecule has 92 heavy (non-hydrogen) atoms. The molecule has 3 aliphatic rings. The van der Waals surface area contributed by atoms with E-state index in [-0.39, 0.29) is 63.8 Å². The van der Waals surface area contributed by atoms with Crippen molar-refractivity contribution in [2.75, 3.05) is 75.5 Å².